The van der Waals surface area contributed by atoms with Gasteiger partial charge in [0.15, 0.2) is 0 Å². The second-order valence-corrected chi connectivity index (χ2v) is 7.98. The van der Waals surface area contributed by atoms with Crippen LogP contribution in [0.5, 0.6) is 0 Å². The van der Waals surface area contributed by atoms with Crippen LogP contribution < -0.4 is 5.32 Å². The third-order valence-corrected chi connectivity index (χ3v) is 5.80. The van der Waals surface area contributed by atoms with Crippen molar-refractivity contribution in [1.82, 2.24) is 10.2 Å². The van der Waals surface area contributed by atoms with Gasteiger partial charge >= 0.3 is 0 Å². The number of thioether (sulfide) groups is 1. The van der Waals surface area contributed by atoms with Gasteiger partial charge in [0.05, 0.1) is 0 Å². The first-order valence-corrected chi connectivity index (χ1v) is 8.70. The van der Waals surface area contributed by atoms with Crippen molar-refractivity contribution in [2.45, 2.75) is 58.0 Å². The van der Waals surface area contributed by atoms with Gasteiger partial charge in [0.2, 0.25) is 5.91 Å². The molecule has 1 atom stereocenters. The van der Waals surface area contributed by atoms with E-state index in [0.29, 0.717) is 29.8 Å². The first kappa shape index (κ1) is 15.2. The van der Waals surface area contributed by atoms with Crippen LogP contribution in [0.4, 0.5) is 0 Å². The predicted molar refractivity (Wildman–Crippen MR) is 82.5 cm³/mol. The van der Waals surface area contributed by atoms with Crippen LogP contribution in [0.25, 0.3) is 0 Å². The molecule has 2 fully saturated rings. The van der Waals surface area contributed by atoms with Crippen LogP contribution in [0.3, 0.4) is 0 Å². The summed E-state index contributed by atoms with van der Waals surface area (Å²) in [6.45, 7) is 5.73. The Bertz CT molecular complexity index is 303. The van der Waals surface area contributed by atoms with Gasteiger partial charge in [0.1, 0.15) is 0 Å². The Kier molecular flexibility index (Phi) is 5.18. The van der Waals surface area contributed by atoms with Crippen molar-refractivity contribution in [3.05, 3.63) is 0 Å². The molecule has 1 unspecified atom stereocenters. The number of nitrogens with zero attached hydrogens (tertiary/aromatic N) is 1. The Morgan fingerprint density at radius 3 is 2.63 bits per heavy atom. The number of hydrogen-bond acceptors (Lipinski definition) is 3. The number of amides is 1. The fourth-order valence-electron chi connectivity index (χ4n) is 3.08. The molecule has 19 heavy (non-hydrogen) atoms. The molecular weight excluding hydrogens is 256 g/mol. The molecule has 1 amide bonds. The monoisotopic (exact) mass is 284 g/mol. The summed E-state index contributed by atoms with van der Waals surface area (Å²) in [6, 6.07) is 0.852. The molecule has 0 aromatic rings. The number of carbonyl (C=O) groups excluding carboxylic acids is 1. The maximum atomic E-state index is 12.3. The van der Waals surface area contributed by atoms with Crippen molar-refractivity contribution in [2.75, 3.05) is 25.1 Å². The smallest absolute Gasteiger partial charge is 0.224 e. The van der Waals surface area contributed by atoms with Crippen LogP contribution >= 0.6 is 11.8 Å². The summed E-state index contributed by atoms with van der Waals surface area (Å²) in [5.41, 5.74) is 0.474. The van der Waals surface area contributed by atoms with Crippen LogP contribution in [0.1, 0.15) is 46.0 Å². The van der Waals surface area contributed by atoms with Crippen LogP contribution in [-0.2, 0) is 4.79 Å². The third kappa shape index (κ3) is 4.38. The van der Waals surface area contributed by atoms with E-state index in [0.717, 1.165) is 12.3 Å². The predicted octanol–water partition coefficient (Wildman–Crippen LogP) is 2.51. The molecule has 0 radical (unpaired) electrons. The highest BCUT2D eigenvalue weighted by atomic mass is 32.2. The molecule has 2 aliphatic rings. The normalized spacial score (nSPS) is 28.1. The Morgan fingerprint density at radius 2 is 2.05 bits per heavy atom. The zero-order chi connectivity index (χ0) is 13.9. The average molecular weight is 284 g/mol. The molecule has 1 saturated heterocycles. The van der Waals surface area contributed by atoms with Gasteiger partial charge in [-0.25, -0.2) is 0 Å². The second kappa shape index (κ2) is 6.49. The van der Waals surface area contributed by atoms with Gasteiger partial charge in [-0.15, -0.1) is 0 Å². The molecule has 1 heterocycles. The number of rotatable bonds is 3. The maximum Gasteiger partial charge on any atom is 0.224 e. The van der Waals surface area contributed by atoms with E-state index in [2.05, 4.69) is 19.2 Å². The van der Waals surface area contributed by atoms with Crippen molar-refractivity contribution in [1.29, 1.82) is 0 Å². The van der Waals surface area contributed by atoms with Crippen LogP contribution in [0, 0.1) is 5.41 Å². The van der Waals surface area contributed by atoms with Crippen molar-refractivity contribution in [2.24, 2.45) is 5.41 Å². The van der Waals surface area contributed by atoms with E-state index in [1.807, 2.05) is 23.7 Å². The highest BCUT2D eigenvalue weighted by Gasteiger charge is 2.31. The Hall–Kier alpha value is -0.220. The van der Waals surface area contributed by atoms with E-state index in [1.54, 1.807) is 0 Å². The highest BCUT2D eigenvalue weighted by Crippen LogP contribution is 2.36. The molecule has 0 spiro atoms. The van der Waals surface area contributed by atoms with E-state index in [4.69, 9.17) is 0 Å². The Morgan fingerprint density at radius 1 is 1.37 bits per heavy atom. The topological polar surface area (TPSA) is 32.3 Å². The molecule has 0 bridgehead atoms. The molecule has 3 nitrogen and oxygen atoms in total. The maximum absolute atomic E-state index is 12.3. The zero-order valence-electron chi connectivity index (χ0n) is 12.6. The lowest BCUT2D eigenvalue weighted by Crippen LogP contribution is -2.45. The molecule has 1 N–H and O–H groups in total. The van der Waals surface area contributed by atoms with Crippen molar-refractivity contribution >= 4 is 17.7 Å². The van der Waals surface area contributed by atoms with E-state index >= 15 is 0 Å². The minimum atomic E-state index is 0.324. The van der Waals surface area contributed by atoms with E-state index < -0.39 is 0 Å². The first-order chi connectivity index (χ1) is 8.98. The molecule has 1 aliphatic carbocycles. The van der Waals surface area contributed by atoms with E-state index in [9.17, 15) is 4.79 Å². The lowest BCUT2D eigenvalue weighted by Gasteiger charge is -2.39. The number of carbonyl (C=O) groups is 1. The molecule has 1 aliphatic heterocycles. The van der Waals surface area contributed by atoms with Crippen molar-refractivity contribution < 1.29 is 4.79 Å². The average Bonchev–Trinajstić information content (AvgIpc) is 2.39. The van der Waals surface area contributed by atoms with Gasteiger partial charge in [-0.1, -0.05) is 13.8 Å². The first-order valence-electron chi connectivity index (χ1n) is 7.55. The summed E-state index contributed by atoms with van der Waals surface area (Å²) < 4.78 is 0. The van der Waals surface area contributed by atoms with Gasteiger partial charge < -0.3 is 10.2 Å². The van der Waals surface area contributed by atoms with Gasteiger partial charge in [-0.3, -0.25) is 4.79 Å². The van der Waals surface area contributed by atoms with Crippen molar-refractivity contribution in [3.63, 3.8) is 0 Å². The second-order valence-electron chi connectivity index (χ2n) is 6.83. The minimum absolute atomic E-state index is 0.324. The van der Waals surface area contributed by atoms with Crippen molar-refractivity contribution in [3.8, 4) is 0 Å². The fourth-order valence-corrected chi connectivity index (χ4v) is 4.03. The SMILES string of the molecule is CN(C(=O)CC1CSCCN1)C1CCC(C)(C)CC1. The lowest BCUT2D eigenvalue weighted by atomic mass is 9.75. The largest absolute Gasteiger partial charge is 0.343 e. The molecule has 0 aromatic carbocycles. The molecule has 1 saturated carbocycles. The fraction of sp³-hybridized carbons (Fsp3) is 0.933. The molecule has 0 aromatic heterocycles. The summed E-state index contributed by atoms with van der Waals surface area (Å²) in [5.74, 6) is 2.58. The van der Waals surface area contributed by atoms with Gasteiger partial charge in [-0.05, 0) is 31.1 Å². The molecular formula is C15H28N2OS. The summed E-state index contributed by atoms with van der Waals surface area (Å²) in [4.78, 5) is 14.4. The Balaban J connectivity index is 1.78. The minimum Gasteiger partial charge on any atom is -0.343 e. The highest BCUT2D eigenvalue weighted by molar-refractivity contribution is 7.99. The van der Waals surface area contributed by atoms with Gasteiger partial charge in [-0.2, -0.15) is 11.8 Å². The van der Waals surface area contributed by atoms with Crippen LogP contribution in [0.2, 0.25) is 0 Å². The quantitative estimate of drug-likeness (QED) is 0.864. The molecule has 110 valence electrons. The van der Waals surface area contributed by atoms with E-state index in [-0.39, 0.29) is 0 Å². The summed E-state index contributed by atoms with van der Waals surface area (Å²) in [5, 5.41) is 3.45. The number of nitrogens with one attached hydrogen (secondary N) is 1. The Labute approximate surface area is 121 Å². The standard InChI is InChI=1S/C15H28N2OS/c1-15(2)6-4-13(5-7-15)17(3)14(18)10-12-11-19-9-8-16-12/h12-13,16H,4-11H2,1-3H3. The number of hydrogen-bond donors (Lipinski definition) is 1. The van der Waals surface area contributed by atoms with E-state index in [1.165, 1.54) is 31.4 Å². The summed E-state index contributed by atoms with van der Waals surface area (Å²) in [7, 11) is 2.00. The summed E-state index contributed by atoms with van der Waals surface area (Å²) in [6.07, 6.45) is 5.49. The van der Waals surface area contributed by atoms with Crippen LogP contribution in [-0.4, -0.2) is 48.0 Å². The van der Waals surface area contributed by atoms with Gasteiger partial charge in [0, 0.05) is 43.6 Å². The lowest BCUT2D eigenvalue weighted by molar-refractivity contribution is -0.133. The van der Waals surface area contributed by atoms with Gasteiger partial charge in [0.25, 0.3) is 0 Å². The zero-order valence-corrected chi connectivity index (χ0v) is 13.4. The molecule has 4 heteroatoms. The molecule has 2 rings (SSSR count). The van der Waals surface area contributed by atoms with Crippen LogP contribution in [0.15, 0.2) is 0 Å². The summed E-state index contributed by atoms with van der Waals surface area (Å²) >= 11 is 1.96. The third-order valence-electron chi connectivity index (χ3n) is 4.67.